The van der Waals surface area contributed by atoms with E-state index in [1.54, 1.807) is 36.6 Å². The van der Waals surface area contributed by atoms with Gasteiger partial charge in [0.25, 0.3) is 10.0 Å². The van der Waals surface area contributed by atoms with E-state index >= 15 is 0 Å². The van der Waals surface area contributed by atoms with Crippen LogP contribution in [0.2, 0.25) is 0 Å². The van der Waals surface area contributed by atoms with Crippen LogP contribution in [0.5, 0.6) is 0 Å². The van der Waals surface area contributed by atoms with Gasteiger partial charge in [-0.05, 0) is 20.3 Å². The molecule has 1 aliphatic rings. The summed E-state index contributed by atoms with van der Waals surface area (Å²) in [4.78, 5) is 11.3. The number of nitrogens with one attached hydrogen (secondary N) is 1. The maximum Gasteiger partial charge on any atom is 0.262 e. The first-order valence-electron chi connectivity index (χ1n) is 7.51. The van der Waals surface area contributed by atoms with E-state index in [1.807, 2.05) is 13.8 Å². The van der Waals surface area contributed by atoms with Crippen molar-refractivity contribution in [2.45, 2.75) is 43.5 Å². The Kier molecular flexibility index (Phi) is 4.26. The second-order valence-electron chi connectivity index (χ2n) is 5.91. The molecule has 0 bridgehead atoms. The minimum atomic E-state index is -3.71. The zero-order chi connectivity index (χ0) is 16.6. The van der Waals surface area contributed by atoms with E-state index in [0.717, 1.165) is 0 Å². The van der Waals surface area contributed by atoms with Gasteiger partial charge in [0, 0.05) is 38.3 Å². The van der Waals surface area contributed by atoms with Gasteiger partial charge in [-0.25, -0.2) is 18.4 Å². The van der Waals surface area contributed by atoms with Gasteiger partial charge in [-0.2, -0.15) is 4.31 Å². The maximum absolute atomic E-state index is 13.0. The molecule has 0 aliphatic carbocycles. The van der Waals surface area contributed by atoms with Crippen molar-refractivity contribution in [2.75, 3.05) is 13.7 Å². The molecular formula is C14H21N5O3S. The van der Waals surface area contributed by atoms with Gasteiger partial charge in [0.1, 0.15) is 5.82 Å². The topological polar surface area (TPSA) is 93.1 Å². The number of H-pyrrole nitrogens is 1. The average Bonchev–Trinajstić information content (AvgIpc) is 3.25. The minimum Gasteiger partial charge on any atom is -0.380 e. The molecule has 0 radical (unpaired) electrons. The van der Waals surface area contributed by atoms with Crippen LogP contribution < -0.4 is 0 Å². The summed E-state index contributed by atoms with van der Waals surface area (Å²) in [5.41, 5.74) is 0. The number of aromatic nitrogens is 4. The Bertz CT molecular complexity index is 753. The monoisotopic (exact) mass is 339 g/mol. The molecule has 1 aliphatic heterocycles. The highest BCUT2D eigenvalue weighted by Gasteiger charge is 2.43. The fourth-order valence-corrected chi connectivity index (χ4v) is 4.33. The first kappa shape index (κ1) is 16.2. The number of rotatable bonds is 5. The first-order valence-corrected chi connectivity index (χ1v) is 8.95. The van der Waals surface area contributed by atoms with Gasteiger partial charge >= 0.3 is 0 Å². The Morgan fingerprint density at radius 1 is 1.39 bits per heavy atom. The highest BCUT2D eigenvalue weighted by molar-refractivity contribution is 7.89. The molecule has 0 amide bonds. The second kappa shape index (κ2) is 6.06. The SMILES string of the molecule is CO[C@@H]1CC(c2ncc[nH]2)N(S(=O)(=O)c2cn(C(C)C)cn2)C1. The molecule has 2 atom stereocenters. The lowest BCUT2D eigenvalue weighted by Crippen LogP contribution is -2.32. The van der Waals surface area contributed by atoms with Crippen molar-refractivity contribution in [1.29, 1.82) is 0 Å². The highest BCUT2D eigenvalue weighted by Crippen LogP contribution is 2.35. The van der Waals surface area contributed by atoms with Gasteiger partial charge in [0.2, 0.25) is 0 Å². The molecule has 8 nitrogen and oxygen atoms in total. The lowest BCUT2D eigenvalue weighted by atomic mass is 10.2. The molecule has 23 heavy (non-hydrogen) atoms. The molecule has 1 saturated heterocycles. The predicted molar refractivity (Wildman–Crippen MR) is 83.2 cm³/mol. The summed E-state index contributed by atoms with van der Waals surface area (Å²) in [6.45, 7) is 4.24. The quantitative estimate of drug-likeness (QED) is 0.887. The zero-order valence-electron chi connectivity index (χ0n) is 13.4. The summed E-state index contributed by atoms with van der Waals surface area (Å²) in [6.07, 6.45) is 6.82. The lowest BCUT2D eigenvalue weighted by Gasteiger charge is -2.21. The average molecular weight is 339 g/mol. The van der Waals surface area contributed by atoms with Gasteiger partial charge in [-0.1, -0.05) is 0 Å². The molecule has 3 rings (SSSR count). The summed E-state index contributed by atoms with van der Waals surface area (Å²) in [5.74, 6) is 0.622. The van der Waals surface area contributed by atoms with Crippen LogP contribution in [0.1, 0.15) is 38.2 Å². The maximum atomic E-state index is 13.0. The van der Waals surface area contributed by atoms with Crippen molar-refractivity contribution in [1.82, 2.24) is 23.8 Å². The molecule has 9 heteroatoms. The molecule has 0 saturated carbocycles. The van der Waals surface area contributed by atoms with Crippen LogP contribution in [-0.2, 0) is 14.8 Å². The number of hydrogen-bond donors (Lipinski definition) is 1. The Hall–Kier alpha value is -1.71. The Morgan fingerprint density at radius 2 is 2.17 bits per heavy atom. The smallest absolute Gasteiger partial charge is 0.262 e. The first-order chi connectivity index (χ1) is 10.9. The number of hydrogen-bond acceptors (Lipinski definition) is 5. The predicted octanol–water partition coefficient (Wildman–Crippen LogP) is 1.34. The fraction of sp³-hybridized carbons (Fsp3) is 0.571. The summed E-state index contributed by atoms with van der Waals surface area (Å²) in [5, 5.41) is 0.0551. The highest BCUT2D eigenvalue weighted by atomic mass is 32.2. The number of ether oxygens (including phenoxy) is 1. The van der Waals surface area contributed by atoms with E-state index in [9.17, 15) is 8.42 Å². The van der Waals surface area contributed by atoms with E-state index in [1.165, 1.54) is 4.31 Å². The van der Waals surface area contributed by atoms with Gasteiger partial charge in [0.15, 0.2) is 5.03 Å². The van der Waals surface area contributed by atoms with Gasteiger partial charge in [0.05, 0.1) is 18.5 Å². The number of methoxy groups -OCH3 is 1. The third kappa shape index (κ3) is 2.91. The standard InChI is InChI=1S/C14H21N5O3S/c1-10(2)18-8-13(17-9-18)23(20,21)19-7-11(22-3)6-12(19)14-15-4-5-16-14/h4-5,8-12H,6-7H2,1-3H3,(H,15,16)/t11-,12?/m1/s1. The Balaban J connectivity index is 1.95. The summed E-state index contributed by atoms with van der Waals surface area (Å²) < 4.78 is 34.6. The molecule has 1 unspecified atom stereocenters. The van der Waals surface area contributed by atoms with Gasteiger partial charge in [-0.15, -0.1) is 0 Å². The van der Waals surface area contributed by atoms with Crippen molar-refractivity contribution >= 4 is 10.0 Å². The molecule has 0 aromatic carbocycles. The number of imidazole rings is 2. The summed E-state index contributed by atoms with van der Waals surface area (Å²) >= 11 is 0. The van der Waals surface area contributed by atoms with Crippen LogP contribution in [0, 0.1) is 0 Å². The molecule has 1 N–H and O–H groups in total. The molecule has 2 aromatic rings. The van der Waals surface area contributed by atoms with Crippen molar-refractivity contribution in [2.24, 2.45) is 0 Å². The van der Waals surface area contributed by atoms with Crippen molar-refractivity contribution < 1.29 is 13.2 Å². The second-order valence-corrected chi connectivity index (χ2v) is 7.75. The van der Waals surface area contributed by atoms with E-state index in [0.29, 0.717) is 18.8 Å². The van der Waals surface area contributed by atoms with Crippen molar-refractivity contribution in [3.8, 4) is 0 Å². The van der Waals surface area contributed by atoms with E-state index in [4.69, 9.17) is 4.74 Å². The van der Waals surface area contributed by atoms with Gasteiger partial charge in [-0.3, -0.25) is 0 Å². The van der Waals surface area contributed by atoms with Gasteiger partial charge < -0.3 is 14.3 Å². The van der Waals surface area contributed by atoms with E-state index in [2.05, 4.69) is 15.0 Å². The van der Waals surface area contributed by atoms with Crippen LogP contribution in [0.4, 0.5) is 0 Å². The third-order valence-corrected chi connectivity index (χ3v) is 5.89. The van der Waals surface area contributed by atoms with Crippen LogP contribution in [0.15, 0.2) is 29.9 Å². The largest absolute Gasteiger partial charge is 0.380 e. The van der Waals surface area contributed by atoms with Crippen LogP contribution >= 0.6 is 0 Å². The van der Waals surface area contributed by atoms with Crippen LogP contribution in [-0.4, -0.2) is 52.0 Å². The van der Waals surface area contributed by atoms with Crippen molar-refractivity contribution in [3.05, 3.63) is 30.7 Å². The number of sulfonamides is 1. The Labute approximate surface area is 135 Å². The molecular weight excluding hydrogens is 318 g/mol. The molecule has 2 aromatic heterocycles. The molecule has 126 valence electrons. The lowest BCUT2D eigenvalue weighted by molar-refractivity contribution is 0.114. The molecule has 3 heterocycles. The molecule has 0 spiro atoms. The fourth-order valence-electron chi connectivity index (χ4n) is 2.77. The Morgan fingerprint density at radius 3 is 2.74 bits per heavy atom. The third-order valence-electron chi connectivity index (χ3n) is 4.13. The summed E-state index contributed by atoms with van der Waals surface area (Å²) in [7, 11) is -2.12. The minimum absolute atomic E-state index is 0.0551. The number of nitrogens with zero attached hydrogens (tertiary/aromatic N) is 4. The summed E-state index contributed by atoms with van der Waals surface area (Å²) in [6, 6.07) is -0.221. The van der Waals surface area contributed by atoms with Crippen LogP contribution in [0.25, 0.3) is 0 Å². The van der Waals surface area contributed by atoms with E-state index < -0.39 is 10.0 Å². The normalized spacial score (nSPS) is 23.0. The zero-order valence-corrected chi connectivity index (χ0v) is 14.2. The van der Waals surface area contributed by atoms with Crippen molar-refractivity contribution in [3.63, 3.8) is 0 Å². The van der Waals surface area contributed by atoms with Crippen LogP contribution in [0.3, 0.4) is 0 Å². The molecule has 1 fully saturated rings. The van der Waals surface area contributed by atoms with E-state index in [-0.39, 0.29) is 23.2 Å². The number of aromatic amines is 1.